The van der Waals surface area contributed by atoms with Crippen LogP contribution in [0, 0.1) is 6.92 Å². The van der Waals surface area contributed by atoms with Crippen molar-refractivity contribution < 1.29 is 4.79 Å². The number of halogens is 3. The van der Waals surface area contributed by atoms with Crippen LogP contribution in [0.4, 0.5) is 10.5 Å². The molecular weight excluding hydrogens is 525 g/mol. The molecule has 1 unspecified atom stereocenters. The lowest BCUT2D eigenvalue weighted by Gasteiger charge is -2.17. The van der Waals surface area contributed by atoms with Crippen LogP contribution in [0.25, 0.3) is 5.69 Å². The molecule has 0 bridgehead atoms. The molecule has 0 saturated heterocycles. The number of anilines is 1. The van der Waals surface area contributed by atoms with Crippen molar-refractivity contribution in [3.05, 3.63) is 98.7 Å². The smallest absolute Gasteiger partial charge is 0.319 e. The van der Waals surface area contributed by atoms with Crippen molar-refractivity contribution in [2.75, 3.05) is 5.32 Å². The standard InChI is InChI=1S/C25H22Cl3N5OS/c1-15-4-3-5-17(12-15)14-35-25-32-31-23(33(25)22-11-8-19(27)13-21(22)28)16(2)29-24(34)30-20-9-6-18(26)7-10-20/h3-13,16H,14H2,1-2H3,(H2,29,30,34). The Labute approximate surface area is 223 Å². The van der Waals surface area contributed by atoms with E-state index in [-0.39, 0.29) is 6.03 Å². The SMILES string of the molecule is Cc1cccc(CSc2nnc(C(C)NC(=O)Nc3ccc(Cl)cc3)n2-c2ccc(Cl)cc2Cl)c1. The van der Waals surface area contributed by atoms with Crippen LogP contribution in [-0.2, 0) is 5.75 Å². The van der Waals surface area contributed by atoms with E-state index >= 15 is 0 Å². The minimum absolute atomic E-state index is 0.384. The van der Waals surface area contributed by atoms with E-state index in [0.29, 0.717) is 43.2 Å². The molecule has 0 fully saturated rings. The van der Waals surface area contributed by atoms with Gasteiger partial charge in [-0.2, -0.15) is 0 Å². The summed E-state index contributed by atoms with van der Waals surface area (Å²) in [4.78, 5) is 12.6. The normalized spacial score (nSPS) is 11.8. The summed E-state index contributed by atoms with van der Waals surface area (Å²) in [6, 6.07) is 19.5. The number of aromatic nitrogens is 3. The second-order valence-electron chi connectivity index (χ2n) is 7.88. The predicted molar refractivity (Wildman–Crippen MR) is 144 cm³/mol. The first kappa shape index (κ1) is 25.4. The van der Waals surface area contributed by atoms with Gasteiger partial charge in [-0.1, -0.05) is 76.4 Å². The number of aryl methyl sites for hydroxylation is 1. The third-order valence-electron chi connectivity index (χ3n) is 5.10. The van der Waals surface area contributed by atoms with Gasteiger partial charge in [-0.25, -0.2) is 4.79 Å². The molecule has 0 aliphatic carbocycles. The van der Waals surface area contributed by atoms with E-state index in [4.69, 9.17) is 34.8 Å². The van der Waals surface area contributed by atoms with Crippen LogP contribution in [-0.4, -0.2) is 20.8 Å². The van der Waals surface area contributed by atoms with Crippen LogP contribution in [0.3, 0.4) is 0 Å². The summed E-state index contributed by atoms with van der Waals surface area (Å²) in [6.07, 6.45) is 0. The van der Waals surface area contributed by atoms with Gasteiger partial charge in [0.25, 0.3) is 0 Å². The zero-order chi connectivity index (χ0) is 24.9. The number of thioether (sulfide) groups is 1. The Balaban J connectivity index is 1.60. The number of rotatable bonds is 7. The topological polar surface area (TPSA) is 71.8 Å². The van der Waals surface area contributed by atoms with Gasteiger partial charge in [0.1, 0.15) is 0 Å². The lowest BCUT2D eigenvalue weighted by atomic mass is 10.2. The summed E-state index contributed by atoms with van der Waals surface area (Å²) >= 11 is 20.1. The number of nitrogens with one attached hydrogen (secondary N) is 2. The number of carbonyl (C=O) groups excluding carboxylic acids is 1. The number of benzene rings is 3. The summed E-state index contributed by atoms with van der Waals surface area (Å²) in [7, 11) is 0. The van der Waals surface area contributed by atoms with Crippen molar-refractivity contribution in [1.82, 2.24) is 20.1 Å². The molecule has 2 N–H and O–H groups in total. The Morgan fingerprint density at radius 2 is 1.74 bits per heavy atom. The summed E-state index contributed by atoms with van der Waals surface area (Å²) in [5.41, 5.74) is 3.66. The Kier molecular flexibility index (Phi) is 8.23. The van der Waals surface area contributed by atoms with Crippen molar-refractivity contribution in [2.24, 2.45) is 0 Å². The fourth-order valence-corrected chi connectivity index (χ4v) is 4.97. The maximum Gasteiger partial charge on any atom is 0.319 e. The molecule has 0 aliphatic rings. The molecule has 3 aromatic carbocycles. The molecule has 6 nitrogen and oxygen atoms in total. The van der Waals surface area contributed by atoms with Gasteiger partial charge in [-0.3, -0.25) is 4.57 Å². The quantitative estimate of drug-likeness (QED) is 0.233. The number of carbonyl (C=O) groups is 1. The molecule has 0 aliphatic heterocycles. The van der Waals surface area contributed by atoms with Gasteiger partial charge in [0.2, 0.25) is 0 Å². The van der Waals surface area contributed by atoms with Crippen LogP contribution in [0.15, 0.2) is 71.9 Å². The number of urea groups is 1. The van der Waals surface area contributed by atoms with Gasteiger partial charge < -0.3 is 10.6 Å². The molecule has 0 radical (unpaired) electrons. The third kappa shape index (κ3) is 6.49. The zero-order valence-electron chi connectivity index (χ0n) is 18.9. The average molecular weight is 547 g/mol. The fourth-order valence-electron chi connectivity index (χ4n) is 3.46. The second-order valence-corrected chi connectivity index (χ2v) is 10.1. The van der Waals surface area contributed by atoms with E-state index in [1.807, 2.05) is 23.6 Å². The number of hydrogen-bond donors (Lipinski definition) is 2. The zero-order valence-corrected chi connectivity index (χ0v) is 22.0. The Hall–Kier alpha value is -2.71. The van der Waals surface area contributed by atoms with Gasteiger partial charge in [0.15, 0.2) is 11.0 Å². The van der Waals surface area contributed by atoms with Crippen molar-refractivity contribution in [1.29, 1.82) is 0 Å². The molecule has 1 heterocycles. The average Bonchev–Trinajstić information content (AvgIpc) is 3.23. The van der Waals surface area contributed by atoms with Crippen LogP contribution in [0.1, 0.15) is 29.9 Å². The van der Waals surface area contributed by atoms with Crippen molar-refractivity contribution >= 4 is 58.3 Å². The predicted octanol–water partition coefficient (Wildman–Crippen LogP) is 7.71. The summed E-state index contributed by atoms with van der Waals surface area (Å²) < 4.78 is 1.85. The van der Waals surface area contributed by atoms with Gasteiger partial charge in [0, 0.05) is 21.5 Å². The minimum atomic E-state index is -0.477. The van der Waals surface area contributed by atoms with Crippen LogP contribution in [0.2, 0.25) is 15.1 Å². The first-order valence-electron chi connectivity index (χ1n) is 10.7. The number of amides is 2. The molecular formula is C25H22Cl3N5OS. The number of hydrogen-bond acceptors (Lipinski definition) is 4. The molecule has 10 heteroatoms. The highest BCUT2D eigenvalue weighted by Crippen LogP contribution is 2.32. The highest BCUT2D eigenvalue weighted by molar-refractivity contribution is 7.98. The van der Waals surface area contributed by atoms with E-state index in [1.54, 1.807) is 36.4 Å². The summed E-state index contributed by atoms with van der Waals surface area (Å²) in [5, 5.41) is 16.7. The first-order chi connectivity index (χ1) is 16.8. The Bertz CT molecular complexity index is 1340. The van der Waals surface area contributed by atoms with E-state index < -0.39 is 6.04 Å². The molecule has 4 aromatic rings. The monoisotopic (exact) mass is 545 g/mol. The lowest BCUT2D eigenvalue weighted by Crippen LogP contribution is -2.32. The van der Waals surface area contributed by atoms with Gasteiger partial charge in [-0.05, 0) is 61.9 Å². The molecule has 180 valence electrons. The van der Waals surface area contributed by atoms with Crippen LogP contribution < -0.4 is 10.6 Å². The molecule has 0 saturated carbocycles. The third-order valence-corrected chi connectivity index (χ3v) is 6.89. The van der Waals surface area contributed by atoms with E-state index in [1.165, 1.54) is 22.9 Å². The molecule has 0 spiro atoms. The van der Waals surface area contributed by atoms with Crippen LogP contribution in [0.5, 0.6) is 0 Å². The fraction of sp³-hybridized carbons (Fsp3) is 0.160. The van der Waals surface area contributed by atoms with Crippen LogP contribution >= 0.6 is 46.6 Å². The Morgan fingerprint density at radius 1 is 1.00 bits per heavy atom. The van der Waals surface area contributed by atoms with Gasteiger partial charge in [-0.15, -0.1) is 10.2 Å². The van der Waals surface area contributed by atoms with Crippen molar-refractivity contribution in [2.45, 2.75) is 30.8 Å². The van der Waals surface area contributed by atoms with E-state index in [9.17, 15) is 4.79 Å². The molecule has 1 aromatic heterocycles. The maximum atomic E-state index is 12.6. The Morgan fingerprint density at radius 3 is 2.46 bits per heavy atom. The van der Waals surface area contributed by atoms with Crippen molar-refractivity contribution in [3.8, 4) is 5.69 Å². The highest BCUT2D eigenvalue weighted by Gasteiger charge is 2.22. The molecule has 4 rings (SSSR count). The summed E-state index contributed by atoms with van der Waals surface area (Å²) in [5.74, 6) is 1.23. The lowest BCUT2D eigenvalue weighted by molar-refractivity contribution is 0.249. The molecule has 1 atom stereocenters. The maximum absolute atomic E-state index is 12.6. The second kappa shape index (κ2) is 11.4. The van der Waals surface area contributed by atoms with Gasteiger partial charge in [0.05, 0.1) is 16.8 Å². The minimum Gasteiger partial charge on any atom is -0.328 e. The summed E-state index contributed by atoms with van der Waals surface area (Å²) in [6.45, 7) is 3.89. The molecule has 2 amide bonds. The molecule has 35 heavy (non-hydrogen) atoms. The van der Waals surface area contributed by atoms with E-state index in [2.05, 4.69) is 46.0 Å². The first-order valence-corrected chi connectivity index (χ1v) is 12.8. The van der Waals surface area contributed by atoms with Crippen molar-refractivity contribution in [3.63, 3.8) is 0 Å². The highest BCUT2D eigenvalue weighted by atomic mass is 35.5. The van der Waals surface area contributed by atoms with E-state index in [0.717, 1.165) is 0 Å². The number of nitrogens with zero attached hydrogens (tertiary/aromatic N) is 3. The van der Waals surface area contributed by atoms with Gasteiger partial charge >= 0.3 is 6.03 Å². The largest absolute Gasteiger partial charge is 0.328 e.